The number of hydrogen-bond donors (Lipinski definition) is 0. The highest BCUT2D eigenvalue weighted by Gasteiger charge is 2.09. The molecule has 0 aliphatic rings. The Labute approximate surface area is 117 Å². The van der Waals surface area contributed by atoms with E-state index in [4.69, 9.17) is 11.6 Å². The van der Waals surface area contributed by atoms with Crippen LogP contribution in [-0.4, -0.2) is 9.97 Å². The molecule has 3 rings (SSSR count). The van der Waals surface area contributed by atoms with Gasteiger partial charge < -0.3 is 0 Å². The van der Waals surface area contributed by atoms with E-state index in [1.54, 1.807) is 0 Å². The van der Waals surface area contributed by atoms with E-state index in [-0.39, 0.29) is 5.28 Å². The largest absolute Gasteiger partial charge is 0.223 e. The van der Waals surface area contributed by atoms with Crippen molar-refractivity contribution in [3.05, 3.63) is 58.9 Å². The monoisotopic (exact) mass is 268 g/mol. The predicted octanol–water partition coefficient (Wildman–Crippen LogP) is 4.57. The number of rotatable bonds is 1. The molecular formula is C16H13ClN2. The van der Waals surface area contributed by atoms with Gasteiger partial charge in [-0.15, -0.1) is 0 Å². The molecule has 0 radical (unpaired) electrons. The summed E-state index contributed by atoms with van der Waals surface area (Å²) in [5.41, 5.74) is 5.28. The Morgan fingerprint density at radius 2 is 1.58 bits per heavy atom. The molecule has 1 aromatic heterocycles. The van der Waals surface area contributed by atoms with Crippen LogP contribution in [0.1, 0.15) is 11.1 Å². The lowest BCUT2D eigenvalue weighted by atomic mass is 10.0. The Morgan fingerprint density at radius 1 is 0.895 bits per heavy atom. The summed E-state index contributed by atoms with van der Waals surface area (Å²) in [6.45, 7) is 4.17. The van der Waals surface area contributed by atoms with Gasteiger partial charge >= 0.3 is 0 Å². The van der Waals surface area contributed by atoms with Gasteiger partial charge in [0.15, 0.2) is 0 Å². The molecule has 0 aliphatic carbocycles. The van der Waals surface area contributed by atoms with Crippen molar-refractivity contribution in [1.29, 1.82) is 0 Å². The van der Waals surface area contributed by atoms with Crippen LogP contribution in [0.15, 0.2) is 42.5 Å². The highest BCUT2D eigenvalue weighted by Crippen LogP contribution is 2.28. The van der Waals surface area contributed by atoms with Crippen molar-refractivity contribution in [2.24, 2.45) is 0 Å². The summed E-state index contributed by atoms with van der Waals surface area (Å²) in [5, 5.41) is 1.31. The first-order valence-corrected chi connectivity index (χ1v) is 6.52. The Balaban J connectivity index is 2.35. The molecule has 2 aromatic carbocycles. The standard InChI is InChI=1S/C16H13ClN2/c1-10-7-11(2)9-12(8-10)15-13-5-3-4-6-14(13)18-16(17)19-15/h3-9H,1-2H3. The number of aryl methyl sites for hydroxylation is 2. The molecule has 3 aromatic rings. The van der Waals surface area contributed by atoms with Crippen LogP contribution in [0.3, 0.4) is 0 Å². The highest BCUT2D eigenvalue weighted by molar-refractivity contribution is 6.28. The van der Waals surface area contributed by atoms with Gasteiger partial charge in [-0.05, 0) is 43.6 Å². The van der Waals surface area contributed by atoms with Crippen LogP contribution in [0.2, 0.25) is 5.28 Å². The molecule has 0 fully saturated rings. The first-order valence-electron chi connectivity index (χ1n) is 6.14. The van der Waals surface area contributed by atoms with Crippen LogP contribution in [0.25, 0.3) is 22.2 Å². The molecule has 94 valence electrons. The third kappa shape index (κ3) is 2.32. The summed E-state index contributed by atoms with van der Waals surface area (Å²) in [5.74, 6) is 0. The van der Waals surface area contributed by atoms with E-state index in [9.17, 15) is 0 Å². The quantitative estimate of drug-likeness (QED) is 0.604. The van der Waals surface area contributed by atoms with E-state index in [0.29, 0.717) is 0 Å². The molecule has 2 nitrogen and oxygen atoms in total. The van der Waals surface area contributed by atoms with E-state index < -0.39 is 0 Å². The van der Waals surface area contributed by atoms with Gasteiger partial charge in [0, 0.05) is 10.9 Å². The second-order valence-electron chi connectivity index (χ2n) is 4.73. The smallest absolute Gasteiger partial charge is 0.218 e. The van der Waals surface area contributed by atoms with Gasteiger partial charge in [0.1, 0.15) is 0 Å². The summed E-state index contributed by atoms with van der Waals surface area (Å²) >= 11 is 6.03. The summed E-state index contributed by atoms with van der Waals surface area (Å²) in [7, 11) is 0. The maximum Gasteiger partial charge on any atom is 0.223 e. The molecule has 0 saturated heterocycles. The molecule has 0 amide bonds. The fraction of sp³-hybridized carbons (Fsp3) is 0.125. The van der Waals surface area contributed by atoms with Crippen molar-refractivity contribution in [3.8, 4) is 11.3 Å². The Hall–Kier alpha value is -1.93. The van der Waals surface area contributed by atoms with Crippen LogP contribution in [0.4, 0.5) is 0 Å². The number of aromatic nitrogens is 2. The lowest BCUT2D eigenvalue weighted by Crippen LogP contribution is -1.92. The first-order chi connectivity index (χ1) is 9.13. The van der Waals surface area contributed by atoms with Crippen molar-refractivity contribution >= 4 is 22.5 Å². The molecule has 0 N–H and O–H groups in total. The molecule has 19 heavy (non-hydrogen) atoms. The lowest BCUT2D eigenvalue weighted by Gasteiger charge is -2.08. The van der Waals surface area contributed by atoms with Crippen LogP contribution in [-0.2, 0) is 0 Å². The molecule has 0 aliphatic heterocycles. The number of nitrogens with zero attached hydrogens (tertiary/aromatic N) is 2. The van der Waals surface area contributed by atoms with Crippen molar-refractivity contribution in [1.82, 2.24) is 9.97 Å². The fourth-order valence-corrected chi connectivity index (χ4v) is 2.56. The molecule has 0 saturated carbocycles. The zero-order chi connectivity index (χ0) is 13.4. The Bertz CT molecular complexity index is 746. The lowest BCUT2D eigenvalue weighted by molar-refractivity contribution is 1.22. The average Bonchev–Trinajstić information content (AvgIpc) is 2.36. The van der Waals surface area contributed by atoms with E-state index in [2.05, 4.69) is 42.0 Å². The van der Waals surface area contributed by atoms with Gasteiger partial charge in [0.2, 0.25) is 5.28 Å². The topological polar surface area (TPSA) is 25.8 Å². The molecule has 0 bridgehead atoms. The minimum absolute atomic E-state index is 0.285. The maximum absolute atomic E-state index is 6.03. The van der Waals surface area contributed by atoms with Crippen molar-refractivity contribution in [2.75, 3.05) is 0 Å². The molecule has 0 unspecified atom stereocenters. The third-order valence-corrected chi connectivity index (χ3v) is 3.24. The van der Waals surface area contributed by atoms with E-state index in [0.717, 1.165) is 22.2 Å². The third-order valence-electron chi connectivity index (χ3n) is 3.07. The SMILES string of the molecule is Cc1cc(C)cc(-c2nc(Cl)nc3ccccc23)c1. The molecule has 3 heteroatoms. The molecular weight excluding hydrogens is 256 g/mol. The molecule has 0 spiro atoms. The van der Waals surface area contributed by atoms with Gasteiger partial charge in [0.05, 0.1) is 11.2 Å². The van der Waals surface area contributed by atoms with Gasteiger partial charge in [-0.1, -0.05) is 35.4 Å². The number of halogens is 1. The number of fused-ring (bicyclic) bond motifs is 1. The van der Waals surface area contributed by atoms with Crippen LogP contribution < -0.4 is 0 Å². The van der Waals surface area contributed by atoms with E-state index in [1.807, 2.05) is 24.3 Å². The molecule has 0 atom stereocenters. The van der Waals surface area contributed by atoms with Crippen LogP contribution in [0, 0.1) is 13.8 Å². The Kier molecular flexibility index (Phi) is 2.96. The first kappa shape index (κ1) is 12.1. The maximum atomic E-state index is 6.03. The predicted molar refractivity (Wildman–Crippen MR) is 79.5 cm³/mol. The minimum Gasteiger partial charge on any atom is -0.218 e. The zero-order valence-electron chi connectivity index (χ0n) is 10.8. The second-order valence-corrected chi connectivity index (χ2v) is 5.07. The summed E-state index contributed by atoms with van der Waals surface area (Å²) in [4.78, 5) is 8.67. The van der Waals surface area contributed by atoms with E-state index in [1.165, 1.54) is 11.1 Å². The van der Waals surface area contributed by atoms with Crippen molar-refractivity contribution < 1.29 is 0 Å². The number of para-hydroxylation sites is 1. The number of benzene rings is 2. The van der Waals surface area contributed by atoms with Crippen LogP contribution >= 0.6 is 11.6 Å². The van der Waals surface area contributed by atoms with Gasteiger partial charge in [0.25, 0.3) is 0 Å². The normalized spacial score (nSPS) is 10.9. The summed E-state index contributed by atoms with van der Waals surface area (Å²) in [6.07, 6.45) is 0. The number of hydrogen-bond acceptors (Lipinski definition) is 2. The highest BCUT2D eigenvalue weighted by atomic mass is 35.5. The minimum atomic E-state index is 0.285. The zero-order valence-corrected chi connectivity index (χ0v) is 11.6. The average molecular weight is 269 g/mol. The van der Waals surface area contributed by atoms with Crippen molar-refractivity contribution in [2.45, 2.75) is 13.8 Å². The van der Waals surface area contributed by atoms with Crippen LogP contribution in [0.5, 0.6) is 0 Å². The van der Waals surface area contributed by atoms with Gasteiger partial charge in [-0.2, -0.15) is 0 Å². The summed E-state index contributed by atoms with van der Waals surface area (Å²) in [6, 6.07) is 14.3. The van der Waals surface area contributed by atoms with Gasteiger partial charge in [-0.25, -0.2) is 9.97 Å². The molecule has 1 heterocycles. The fourth-order valence-electron chi connectivity index (χ4n) is 2.38. The van der Waals surface area contributed by atoms with E-state index >= 15 is 0 Å². The summed E-state index contributed by atoms with van der Waals surface area (Å²) < 4.78 is 0. The van der Waals surface area contributed by atoms with Gasteiger partial charge in [-0.3, -0.25) is 0 Å². The van der Waals surface area contributed by atoms with Crippen molar-refractivity contribution in [3.63, 3.8) is 0 Å². The second kappa shape index (κ2) is 4.63. The Morgan fingerprint density at radius 3 is 2.32 bits per heavy atom.